The summed E-state index contributed by atoms with van der Waals surface area (Å²) in [7, 11) is 0. The van der Waals surface area contributed by atoms with E-state index in [4.69, 9.17) is 10.5 Å². The largest absolute Gasteiger partial charge is 0.456 e. The van der Waals surface area contributed by atoms with Gasteiger partial charge in [0.05, 0.1) is 0 Å². The van der Waals surface area contributed by atoms with Gasteiger partial charge in [0.2, 0.25) is 0 Å². The van der Waals surface area contributed by atoms with Gasteiger partial charge in [-0.2, -0.15) is 0 Å². The van der Waals surface area contributed by atoms with E-state index in [1.54, 1.807) is 0 Å². The van der Waals surface area contributed by atoms with Gasteiger partial charge < -0.3 is 10.5 Å². The van der Waals surface area contributed by atoms with Gasteiger partial charge in [-0.15, -0.1) is 11.3 Å². The van der Waals surface area contributed by atoms with Crippen LogP contribution >= 0.6 is 11.3 Å². The van der Waals surface area contributed by atoms with E-state index in [-0.39, 0.29) is 5.97 Å². The van der Waals surface area contributed by atoms with Crippen LogP contribution in [0.5, 0.6) is 0 Å². The molecule has 0 radical (unpaired) electrons. The molecule has 0 saturated carbocycles. The Balaban J connectivity index is 2.55. The minimum atomic E-state index is -0.435. The van der Waals surface area contributed by atoms with Crippen molar-refractivity contribution < 1.29 is 9.53 Å². The van der Waals surface area contributed by atoms with E-state index in [0.717, 1.165) is 12.8 Å². The highest BCUT2D eigenvalue weighted by Crippen LogP contribution is 2.22. The monoisotopic (exact) mass is 269 g/mol. The summed E-state index contributed by atoms with van der Waals surface area (Å²) in [5.74, 6) is 0.294. The maximum Gasteiger partial charge on any atom is 0.348 e. The second-order valence-electron chi connectivity index (χ2n) is 5.65. The predicted molar refractivity (Wildman–Crippen MR) is 76.0 cm³/mol. The topological polar surface area (TPSA) is 52.3 Å². The molecule has 18 heavy (non-hydrogen) atoms. The fourth-order valence-corrected chi connectivity index (χ4v) is 2.36. The van der Waals surface area contributed by atoms with Gasteiger partial charge in [-0.1, -0.05) is 6.92 Å². The molecule has 0 aliphatic heterocycles. The highest BCUT2D eigenvalue weighted by molar-refractivity contribution is 7.13. The zero-order valence-electron chi connectivity index (χ0n) is 11.7. The Morgan fingerprint density at radius 1 is 1.44 bits per heavy atom. The first-order valence-corrected chi connectivity index (χ1v) is 7.15. The first-order valence-electron chi connectivity index (χ1n) is 6.34. The molecular formula is C14H23NO2S. The SMILES string of the molecule is CC(CN)CCc1ccc(C(=O)OC(C)(C)C)s1. The van der Waals surface area contributed by atoms with Crippen LogP contribution in [0.3, 0.4) is 0 Å². The van der Waals surface area contributed by atoms with Gasteiger partial charge in [0, 0.05) is 4.88 Å². The molecule has 4 heteroatoms. The molecule has 0 aliphatic carbocycles. The Bertz CT molecular complexity index is 393. The fourth-order valence-electron chi connectivity index (χ4n) is 1.46. The number of rotatable bonds is 5. The van der Waals surface area contributed by atoms with Gasteiger partial charge in [-0.05, 0) is 58.2 Å². The summed E-state index contributed by atoms with van der Waals surface area (Å²) in [4.78, 5) is 13.7. The highest BCUT2D eigenvalue weighted by atomic mass is 32.1. The molecule has 1 heterocycles. The molecule has 0 fully saturated rings. The second kappa shape index (κ2) is 6.34. The van der Waals surface area contributed by atoms with Crippen LogP contribution in [-0.2, 0) is 11.2 Å². The number of nitrogens with two attached hydrogens (primary N) is 1. The molecule has 0 amide bonds. The summed E-state index contributed by atoms with van der Waals surface area (Å²) in [6.45, 7) is 8.49. The van der Waals surface area contributed by atoms with Crippen molar-refractivity contribution in [3.05, 3.63) is 21.9 Å². The molecular weight excluding hydrogens is 246 g/mol. The Morgan fingerprint density at radius 3 is 2.67 bits per heavy atom. The van der Waals surface area contributed by atoms with Crippen molar-refractivity contribution in [2.75, 3.05) is 6.54 Å². The van der Waals surface area contributed by atoms with Crippen LogP contribution in [0.15, 0.2) is 12.1 Å². The molecule has 1 aromatic rings. The zero-order valence-corrected chi connectivity index (χ0v) is 12.5. The molecule has 0 aliphatic rings. The van der Waals surface area contributed by atoms with Crippen LogP contribution in [0.2, 0.25) is 0 Å². The predicted octanol–water partition coefficient (Wildman–Crippen LogP) is 3.23. The average Bonchev–Trinajstić information content (AvgIpc) is 2.72. The Hall–Kier alpha value is -0.870. The van der Waals surface area contributed by atoms with Crippen LogP contribution in [0.25, 0.3) is 0 Å². The number of thiophene rings is 1. The molecule has 1 unspecified atom stereocenters. The molecule has 0 bridgehead atoms. The summed E-state index contributed by atoms with van der Waals surface area (Å²) in [6.07, 6.45) is 2.04. The van der Waals surface area contributed by atoms with Gasteiger partial charge in [-0.25, -0.2) is 4.79 Å². The lowest BCUT2D eigenvalue weighted by Gasteiger charge is -2.18. The lowest BCUT2D eigenvalue weighted by Crippen LogP contribution is -2.23. The highest BCUT2D eigenvalue weighted by Gasteiger charge is 2.19. The van der Waals surface area contributed by atoms with Gasteiger partial charge in [0.15, 0.2) is 0 Å². The van der Waals surface area contributed by atoms with Crippen molar-refractivity contribution in [2.24, 2.45) is 11.7 Å². The van der Waals surface area contributed by atoms with Gasteiger partial charge >= 0.3 is 5.97 Å². The Labute approximate surface area is 113 Å². The van der Waals surface area contributed by atoms with E-state index in [2.05, 4.69) is 6.92 Å². The maximum absolute atomic E-state index is 11.8. The molecule has 0 saturated heterocycles. The Morgan fingerprint density at radius 2 is 2.11 bits per heavy atom. The Kier molecular flexibility index (Phi) is 5.35. The van der Waals surface area contributed by atoms with Crippen molar-refractivity contribution in [2.45, 2.75) is 46.1 Å². The van der Waals surface area contributed by atoms with Crippen LogP contribution in [-0.4, -0.2) is 18.1 Å². The van der Waals surface area contributed by atoms with Crippen molar-refractivity contribution >= 4 is 17.3 Å². The maximum atomic E-state index is 11.8. The number of hydrogen-bond acceptors (Lipinski definition) is 4. The van der Waals surface area contributed by atoms with E-state index in [9.17, 15) is 4.79 Å². The minimum Gasteiger partial charge on any atom is -0.456 e. The van der Waals surface area contributed by atoms with E-state index in [0.29, 0.717) is 17.3 Å². The molecule has 0 aromatic carbocycles. The van der Waals surface area contributed by atoms with Gasteiger partial charge in [-0.3, -0.25) is 0 Å². The number of ether oxygens (including phenoxy) is 1. The lowest BCUT2D eigenvalue weighted by atomic mass is 10.1. The van der Waals surface area contributed by atoms with Crippen molar-refractivity contribution in [1.82, 2.24) is 0 Å². The molecule has 3 nitrogen and oxygen atoms in total. The van der Waals surface area contributed by atoms with Crippen LogP contribution in [0, 0.1) is 5.92 Å². The summed E-state index contributed by atoms with van der Waals surface area (Å²) in [6, 6.07) is 3.86. The van der Waals surface area contributed by atoms with Crippen molar-refractivity contribution in [1.29, 1.82) is 0 Å². The number of esters is 1. The lowest BCUT2D eigenvalue weighted by molar-refractivity contribution is 0.00752. The smallest absolute Gasteiger partial charge is 0.348 e. The standard InChI is InChI=1S/C14H23NO2S/c1-10(9-15)5-6-11-7-8-12(18-11)13(16)17-14(2,3)4/h7-8,10H,5-6,9,15H2,1-4H3. The molecule has 1 aromatic heterocycles. The molecule has 102 valence electrons. The molecule has 2 N–H and O–H groups in total. The van der Waals surface area contributed by atoms with Gasteiger partial charge in [0.1, 0.15) is 10.5 Å². The van der Waals surface area contributed by atoms with Crippen LogP contribution in [0.1, 0.15) is 48.7 Å². The first kappa shape index (κ1) is 15.2. The number of carbonyl (C=O) groups is 1. The van der Waals surface area contributed by atoms with E-state index >= 15 is 0 Å². The van der Waals surface area contributed by atoms with E-state index < -0.39 is 5.60 Å². The van der Waals surface area contributed by atoms with Crippen molar-refractivity contribution in [3.63, 3.8) is 0 Å². The fraction of sp³-hybridized carbons (Fsp3) is 0.643. The number of aryl methyl sites for hydroxylation is 1. The number of hydrogen-bond donors (Lipinski definition) is 1. The van der Waals surface area contributed by atoms with Crippen molar-refractivity contribution in [3.8, 4) is 0 Å². The van der Waals surface area contributed by atoms with Crippen LogP contribution in [0.4, 0.5) is 0 Å². The quantitative estimate of drug-likeness (QED) is 0.835. The van der Waals surface area contributed by atoms with E-state index in [1.807, 2.05) is 32.9 Å². The van der Waals surface area contributed by atoms with Crippen LogP contribution < -0.4 is 5.73 Å². The third kappa shape index (κ3) is 5.19. The van der Waals surface area contributed by atoms with E-state index in [1.165, 1.54) is 16.2 Å². The normalized spacial score (nSPS) is 13.4. The first-order chi connectivity index (χ1) is 8.31. The third-order valence-electron chi connectivity index (χ3n) is 2.55. The third-order valence-corrected chi connectivity index (χ3v) is 3.67. The average molecular weight is 269 g/mol. The zero-order chi connectivity index (χ0) is 13.8. The van der Waals surface area contributed by atoms with Gasteiger partial charge in [0.25, 0.3) is 0 Å². The summed E-state index contributed by atoms with van der Waals surface area (Å²) >= 11 is 1.52. The molecule has 0 spiro atoms. The molecule has 1 atom stereocenters. The molecule has 1 rings (SSSR count). The minimum absolute atomic E-state index is 0.231. The second-order valence-corrected chi connectivity index (χ2v) is 6.82. The summed E-state index contributed by atoms with van der Waals surface area (Å²) in [5, 5.41) is 0. The summed E-state index contributed by atoms with van der Waals surface area (Å²) < 4.78 is 5.34. The number of carbonyl (C=O) groups excluding carboxylic acids is 1. The summed E-state index contributed by atoms with van der Waals surface area (Å²) in [5.41, 5.74) is 5.15.